The molecule has 110 valence electrons. The summed E-state index contributed by atoms with van der Waals surface area (Å²) in [5.41, 5.74) is 1.36. The molecule has 2 rings (SSSR count). The molecular weight excluding hydrogens is 276 g/mol. The Kier molecular flexibility index (Phi) is 4.88. The Bertz CT molecular complexity index is 490. The normalized spacial score (nSPS) is 24.6. The summed E-state index contributed by atoms with van der Waals surface area (Å²) in [5, 5.41) is 0.376. The summed E-state index contributed by atoms with van der Waals surface area (Å²) >= 11 is 0. The number of rotatable bonds is 3. The predicted molar refractivity (Wildman–Crippen MR) is 77.9 cm³/mol. The molecule has 0 aromatic carbocycles. The molecule has 5 nitrogen and oxygen atoms in total. The van der Waals surface area contributed by atoms with E-state index in [2.05, 4.69) is 14.6 Å². The largest absolute Gasteiger partial charge is 0.465 e. The molecular formula is C14H20N2O3S. The molecule has 2 atom stereocenters. The maximum absolute atomic E-state index is 11.9. The standard InChI is InChI=1S/C14H20N2O3S/c1-10-7-16(8-11(2)20(10)18)9-13-5-4-12(6-15-13)14(17)19-3/h4-6,10-11H,7-9H2,1-3H3/t10-,11-/m0/s1. The van der Waals surface area contributed by atoms with Crippen LogP contribution in [-0.4, -0.2) is 50.8 Å². The van der Waals surface area contributed by atoms with E-state index in [1.807, 2.05) is 19.9 Å². The molecule has 0 radical (unpaired) electrons. The van der Waals surface area contributed by atoms with Gasteiger partial charge in [-0.3, -0.25) is 14.1 Å². The Labute approximate surface area is 121 Å². The van der Waals surface area contributed by atoms with Crippen molar-refractivity contribution in [2.24, 2.45) is 0 Å². The number of hydrogen-bond donors (Lipinski definition) is 0. The van der Waals surface area contributed by atoms with Gasteiger partial charge in [-0.05, 0) is 26.0 Å². The summed E-state index contributed by atoms with van der Waals surface area (Å²) in [5.74, 6) is -0.375. The van der Waals surface area contributed by atoms with Gasteiger partial charge < -0.3 is 4.74 Å². The van der Waals surface area contributed by atoms with Gasteiger partial charge in [-0.1, -0.05) is 0 Å². The van der Waals surface area contributed by atoms with E-state index in [1.54, 1.807) is 6.07 Å². The van der Waals surface area contributed by atoms with E-state index in [4.69, 9.17) is 0 Å². The minimum Gasteiger partial charge on any atom is -0.465 e. The topological polar surface area (TPSA) is 59.5 Å². The Morgan fingerprint density at radius 3 is 2.55 bits per heavy atom. The van der Waals surface area contributed by atoms with E-state index in [0.717, 1.165) is 18.8 Å². The lowest BCUT2D eigenvalue weighted by Crippen LogP contribution is -2.46. The van der Waals surface area contributed by atoms with Crippen LogP contribution in [-0.2, 0) is 22.1 Å². The van der Waals surface area contributed by atoms with Gasteiger partial charge in [0.1, 0.15) is 0 Å². The maximum atomic E-state index is 11.9. The monoisotopic (exact) mass is 296 g/mol. The Morgan fingerprint density at radius 1 is 1.40 bits per heavy atom. The zero-order chi connectivity index (χ0) is 14.7. The predicted octanol–water partition coefficient (Wildman–Crippen LogP) is 1.21. The number of methoxy groups -OCH3 is 1. The summed E-state index contributed by atoms with van der Waals surface area (Å²) in [7, 11) is 0.611. The van der Waals surface area contributed by atoms with Crippen molar-refractivity contribution < 1.29 is 13.7 Å². The van der Waals surface area contributed by atoms with Crippen LogP contribution in [0.25, 0.3) is 0 Å². The lowest BCUT2D eigenvalue weighted by molar-refractivity contribution is 0.0600. The van der Waals surface area contributed by atoms with Crippen molar-refractivity contribution in [3.05, 3.63) is 29.6 Å². The number of esters is 1. The molecule has 1 saturated heterocycles. The fourth-order valence-corrected chi connectivity index (χ4v) is 3.97. The van der Waals surface area contributed by atoms with E-state index >= 15 is 0 Å². The first-order valence-electron chi connectivity index (χ1n) is 6.66. The van der Waals surface area contributed by atoms with Crippen molar-refractivity contribution in [2.75, 3.05) is 20.2 Å². The molecule has 0 aliphatic carbocycles. The lowest BCUT2D eigenvalue weighted by Gasteiger charge is -2.34. The lowest BCUT2D eigenvalue weighted by atomic mass is 10.2. The molecule has 1 aromatic rings. The minimum absolute atomic E-state index is 0.188. The Hall–Kier alpha value is -1.27. The number of carbonyl (C=O) groups excluding carboxylic acids is 1. The molecule has 2 heterocycles. The van der Waals surface area contributed by atoms with Gasteiger partial charge in [0.05, 0.1) is 18.4 Å². The van der Waals surface area contributed by atoms with E-state index in [-0.39, 0.29) is 16.5 Å². The molecule has 0 N–H and O–H groups in total. The Morgan fingerprint density at radius 2 is 2.05 bits per heavy atom. The molecule has 1 fully saturated rings. The Balaban J connectivity index is 2.00. The molecule has 1 aromatic heterocycles. The van der Waals surface area contributed by atoms with Gasteiger partial charge in [-0.2, -0.15) is 0 Å². The average Bonchev–Trinajstić information content (AvgIpc) is 2.44. The first-order chi connectivity index (χ1) is 9.51. The number of carbonyl (C=O) groups is 1. The van der Waals surface area contributed by atoms with Crippen LogP contribution in [0.3, 0.4) is 0 Å². The van der Waals surface area contributed by atoms with Crippen molar-refractivity contribution in [1.82, 2.24) is 9.88 Å². The zero-order valence-electron chi connectivity index (χ0n) is 12.0. The zero-order valence-corrected chi connectivity index (χ0v) is 12.9. The van der Waals surface area contributed by atoms with Gasteiger partial charge in [-0.15, -0.1) is 0 Å². The highest BCUT2D eigenvalue weighted by molar-refractivity contribution is 7.86. The highest BCUT2D eigenvalue weighted by Gasteiger charge is 2.28. The van der Waals surface area contributed by atoms with Crippen molar-refractivity contribution in [2.45, 2.75) is 30.9 Å². The summed E-state index contributed by atoms with van der Waals surface area (Å²) in [6.45, 7) is 6.39. The number of nitrogens with zero attached hydrogens (tertiary/aromatic N) is 2. The summed E-state index contributed by atoms with van der Waals surface area (Å²) in [6, 6.07) is 3.57. The molecule has 20 heavy (non-hydrogen) atoms. The van der Waals surface area contributed by atoms with Crippen LogP contribution in [0.2, 0.25) is 0 Å². The third-order valence-corrected chi connectivity index (χ3v) is 5.34. The van der Waals surface area contributed by atoms with Crippen LogP contribution >= 0.6 is 0 Å². The third kappa shape index (κ3) is 3.43. The van der Waals surface area contributed by atoms with Crippen molar-refractivity contribution in [3.63, 3.8) is 0 Å². The quantitative estimate of drug-likeness (QED) is 0.785. The second-order valence-electron chi connectivity index (χ2n) is 5.17. The molecule has 0 saturated carbocycles. The van der Waals surface area contributed by atoms with Crippen molar-refractivity contribution >= 4 is 16.8 Å². The van der Waals surface area contributed by atoms with E-state index in [9.17, 15) is 9.00 Å². The van der Waals surface area contributed by atoms with Gasteiger partial charge in [0.2, 0.25) is 0 Å². The van der Waals surface area contributed by atoms with Crippen LogP contribution < -0.4 is 0 Å². The van der Waals surface area contributed by atoms with Crippen LogP contribution in [0.1, 0.15) is 29.9 Å². The maximum Gasteiger partial charge on any atom is 0.339 e. The highest BCUT2D eigenvalue weighted by atomic mass is 32.2. The van der Waals surface area contributed by atoms with Gasteiger partial charge in [0, 0.05) is 47.1 Å². The van der Waals surface area contributed by atoms with Gasteiger partial charge in [-0.25, -0.2) is 4.79 Å². The molecule has 0 unspecified atom stereocenters. The van der Waals surface area contributed by atoms with Crippen LogP contribution in [0, 0.1) is 0 Å². The van der Waals surface area contributed by atoms with Crippen LogP contribution in [0.4, 0.5) is 0 Å². The molecule has 0 amide bonds. The smallest absolute Gasteiger partial charge is 0.339 e. The number of pyridine rings is 1. The van der Waals surface area contributed by atoms with E-state index < -0.39 is 10.8 Å². The summed E-state index contributed by atoms with van der Waals surface area (Å²) in [4.78, 5) is 17.9. The molecule has 0 spiro atoms. The fraction of sp³-hybridized carbons (Fsp3) is 0.571. The van der Waals surface area contributed by atoms with Crippen LogP contribution in [0.5, 0.6) is 0 Å². The molecule has 1 aliphatic heterocycles. The van der Waals surface area contributed by atoms with Crippen molar-refractivity contribution in [3.8, 4) is 0 Å². The van der Waals surface area contributed by atoms with E-state index in [1.165, 1.54) is 13.3 Å². The third-order valence-electron chi connectivity index (χ3n) is 3.46. The number of aromatic nitrogens is 1. The first kappa shape index (κ1) is 15.1. The second kappa shape index (κ2) is 6.45. The average molecular weight is 296 g/mol. The van der Waals surface area contributed by atoms with Crippen molar-refractivity contribution in [1.29, 1.82) is 0 Å². The number of hydrogen-bond acceptors (Lipinski definition) is 5. The molecule has 6 heteroatoms. The number of ether oxygens (including phenoxy) is 1. The van der Waals surface area contributed by atoms with Gasteiger partial charge in [0.25, 0.3) is 0 Å². The highest BCUT2D eigenvalue weighted by Crippen LogP contribution is 2.16. The van der Waals surface area contributed by atoms with Crippen LogP contribution in [0.15, 0.2) is 18.3 Å². The molecule has 1 aliphatic rings. The first-order valence-corrected chi connectivity index (χ1v) is 7.94. The second-order valence-corrected chi connectivity index (χ2v) is 7.44. The minimum atomic E-state index is -0.743. The molecule has 0 bridgehead atoms. The van der Waals surface area contributed by atoms with Gasteiger partial charge >= 0.3 is 5.97 Å². The van der Waals surface area contributed by atoms with Gasteiger partial charge in [0.15, 0.2) is 0 Å². The van der Waals surface area contributed by atoms with E-state index in [0.29, 0.717) is 12.1 Å². The fourth-order valence-electron chi connectivity index (χ4n) is 2.46. The SMILES string of the molecule is COC(=O)c1ccc(CN2C[C@H](C)S(=O)[C@@H](C)C2)nc1. The summed E-state index contributed by atoms with van der Waals surface area (Å²) in [6.07, 6.45) is 1.54. The summed E-state index contributed by atoms with van der Waals surface area (Å²) < 4.78 is 16.5.